The molecule has 2 heterocycles. The predicted molar refractivity (Wildman–Crippen MR) is 58.1 cm³/mol. The first-order valence-electron chi connectivity index (χ1n) is 4.90. The summed E-state index contributed by atoms with van der Waals surface area (Å²) in [6, 6.07) is 3.58. The molecule has 0 aliphatic carbocycles. The van der Waals surface area contributed by atoms with Crippen molar-refractivity contribution in [2.45, 2.75) is 6.92 Å². The van der Waals surface area contributed by atoms with Crippen molar-refractivity contribution in [2.75, 3.05) is 6.61 Å². The molecular weight excluding hydrogens is 206 g/mol. The van der Waals surface area contributed by atoms with Crippen LogP contribution in [0.1, 0.15) is 6.92 Å². The van der Waals surface area contributed by atoms with Crippen molar-refractivity contribution >= 4 is 0 Å². The molecule has 0 aliphatic rings. The van der Waals surface area contributed by atoms with Gasteiger partial charge in [-0.2, -0.15) is 0 Å². The standard InChI is InChI=1S/C11H11N3O2/c1-2-16-10-4-3-8(5-12-10)11-13-6-9(15)7-14-11/h3-7,15H,2H2,1H3. The third kappa shape index (κ3) is 2.25. The van der Waals surface area contributed by atoms with Gasteiger partial charge >= 0.3 is 0 Å². The molecule has 0 fully saturated rings. The van der Waals surface area contributed by atoms with E-state index in [1.807, 2.05) is 13.0 Å². The summed E-state index contributed by atoms with van der Waals surface area (Å²) in [4.78, 5) is 12.1. The summed E-state index contributed by atoms with van der Waals surface area (Å²) in [6.07, 6.45) is 4.33. The van der Waals surface area contributed by atoms with Crippen molar-refractivity contribution in [3.63, 3.8) is 0 Å². The lowest BCUT2D eigenvalue weighted by molar-refractivity contribution is 0.327. The number of hydrogen-bond acceptors (Lipinski definition) is 5. The third-order valence-electron chi connectivity index (χ3n) is 1.92. The van der Waals surface area contributed by atoms with Crippen LogP contribution in [-0.4, -0.2) is 26.7 Å². The molecule has 2 aromatic heterocycles. The summed E-state index contributed by atoms with van der Waals surface area (Å²) < 4.78 is 5.22. The Balaban J connectivity index is 2.24. The maximum Gasteiger partial charge on any atom is 0.213 e. The van der Waals surface area contributed by atoms with Crippen LogP contribution in [0.4, 0.5) is 0 Å². The summed E-state index contributed by atoms with van der Waals surface area (Å²) in [7, 11) is 0. The van der Waals surface area contributed by atoms with E-state index in [-0.39, 0.29) is 5.75 Å². The fourth-order valence-electron chi connectivity index (χ4n) is 1.22. The van der Waals surface area contributed by atoms with Crippen LogP contribution < -0.4 is 4.74 Å². The molecule has 16 heavy (non-hydrogen) atoms. The molecule has 0 aromatic carbocycles. The highest BCUT2D eigenvalue weighted by Gasteiger charge is 2.02. The van der Waals surface area contributed by atoms with Crippen LogP contribution in [0.5, 0.6) is 11.6 Å². The smallest absolute Gasteiger partial charge is 0.213 e. The van der Waals surface area contributed by atoms with Gasteiger partial charge in [0, 0.05) is 17.8 Å². The molecule has 5 heteroatoms. The molecule has 1 N–H and O–H groups in total. The van der Waals surface area contributed by atoms with E-state index in [1.165, 1.54) is 12.4 Å². The Morgan fingerprint density at radius 1 is 1.12 bits per heavy atom. The van der Waals surface area contributed by atoms with Gasteiger partial charge in [-0.05, 0) is 13.0 Å². The summed E-state index contributed by atoms with van der Waals surface area (Å²) in [5.41, 5.74) is 0.781. The highest BCUT2D eigenvalue weighted by molar-refractivity contribution is 5.53. The summed E-state index contributed by atoms with van der Waals surface area (Å²) in [6.45, 7) is 2.49. The van der Waals surface area contributed by atoms with Crippen LogP contribution in [0, 0.1) is 0 Å². The van der Waals surface area contributed by atoms with Gasteiger partial charge < -0.3 is 9.84 Å². The first kappa shape index (κ1) is 10.4. The second-order valence-corrected chi connectivity index (χ2v) is 3.08. The van der Waals surface area contributed by atoms with E-state index in [1.54, 1.807) is 12.3 Å². The molecule has 0 atom stereocenters. The molecule has 0 radical (unpaired) electrons. The fraction of sp³-hybridized carbons (Fsp3) is 0.182. The van der Waals surface area contributed by atoms with Gasteiger partial charge in [-0.25, -0.2) is 15.0 Å². The number of aromatic nitrogens is 3. The van der Waals surface area contributed by atoms with Crippen LogP contribution >= 0.6 is 0 Å². The van der Waals surface area contributed by atoms with Crippen molar-refractivity contribution in [3.8, 4) is 23.0 Å². The lowest BCUT2D eigenvalue weighted by Crippen LogP contribution is -1.94. The van der Waals surface area contributed by atoms with Gasteiger partial charge in [-0.15, -0.1) is 0 Å². The maximum atomic E-state index is 9.06. The van der Waals surface area contributed by atoms with Crippen LogP contribution in [-0.2, 0) is 0 Å². The van der Waals surface area contributed by atoms with Gasteiger partial charge in [0.05, 0.1) is 19.0 Å². The molecule has 0 unspecified atom stereocenters. The number of rotatable bonds is 3. The van der Waals surface area contributed by atoms with Crippen molar-refractivity contribution < 1.29 is 9.84 Å². The van der Waals surface area contributed by atoms with E-state index in [2.05, 4.69) is 15.0 Å². The molecule has 0 bridgehead atoms. The molecule has 82 valence electrons. The molecule has 2 rings (SSSR count). The van der Waals surface area contributed by atoms with Crippen molar-refractivity contribution in [3.05, 3.63) is 30.7 Å². The predicted octanol–water partition coefficient (Wildman–Crippen LogP) is 1.64. The van der Waals surface area contributed by atoms with Gasteiger partial charge in [0.1, 0.15) is 0 Å². The highest BCUT2D eigenvalue weighted by Crippen LogP contribution is 2.17. The van der Waals surface area contributed by atoms with E-state index in [4.69, 9.17) is 9.84 Å². The van der Waals surface area contributed by atoms with Crippen LogP contribution in [0.2, 0.25) is 0 Å². The van der Waals surface area contributed by atoms with Gasteiger partial charge in [0.15, 0.2) is 11.6 Å². The Bertz CT molecular complexity index is 454. The number of hydrogen-bond donors (Lipinski definition) is 1. The topological polar surface area (TPSA) is 68.1 Å². The van der Waals surface area contributed by atoms with E-state index < -0.39 is 0 Å². The van der Waals surface area contributed by atoms with Crippen molar-refractivity contribution in [2.24, 2.45) is 0 Å². The number of pyridine rings is 1. The Hall–Kier alpha value is -2.17. The first-order valence-corrected chi connectivity index (χ1v) is 4.90. The fourth-order valence-corrected chi connectivity index (χ4v) is 1.22. The molecule has 2 aromatic rings. The van der Waals surface area contributed by atoms with E-state index in [9.17, 15) is 0 Å². The van der Waals surface area contributed by atoms with Crippen LogP contribution in [0.25, 0.3) is 11.4 Å². The lowest BCUT2D eigenvalue weighted by Gasteiger charge is -2.02. The monoisotopic (exact) mass is 217 g/mol. The zero-order chi connectivity index (χ0) is 11.4. The Morgan fingerprint density at radius 2 is 1.88 bits per heavy atom. The molecule has 0 saturated heterocycles. The zero-order valence-electron chi connectivity index (χ0n) is 8.79. The SMILES string of the molecule is CCOc1ccc(-c2ncc(O)cn2)cn1. The lowest BCUT2D eigenvalue weighted by atomic mass is 10.2. The summed E-state index contributed by atoms with van der Waals surface area (Å²) in [5.74, 6) is 1.14. The number of aromatic hydroxyl groups is 1. The van der Waals surface area contributed by atoms with E-state index >= 15 is 0 Å². The second-order valence-electron chi connectivity index (χ2n) is 3.08. The number of nitrogens with zero attached hydrogens (tertiary/aromatic N) is 3. The van der Waals surface area contributed by atoms with E-state index in [0.29, 0.717) is 18.3 Å². The Labute approximate surface area is 92.8 Å². The minimum absolute atomic E-state index is 0.0441. The summed E-state index contributed by atoms with van der Waals surface area (Å²) >= 11 is 0. The van der Waals surface area contributed by atoms with Gasteiger partial charge in [0.25, 0.3) is 0 Å². The average Bonchev–Trinajstić information content (AvgIpc) is 2.32. The Morgan fingerprint density at radius 3 is 2.44 bits per heavy atom. The van der Waals surface area contributed by atoms with Crippen LogP contribution in [0.15, 0.2) is 30.7 Å². The molecule has 5 nitrogen and oxygen atoms in total. The van der Waals surface area contributed by atoms with Crippen molar-refractivity contribution in [1.82, 2.24) is 15.0 Å². The second kappa shape index (κ2) is 4.57. The zero-order valence-corrected chi connectivity index (χ0v) is 8.79. The van der Waals surface area contributed by atoms with Gasteiger partial charge in [-0.3, -0.25) is 0 Å². The first-order chi connectivity index (χ1) is 7.79. The van der Waals surface area contributed by atoms with Crippen LogP contribution in [0.3, 0.4) is 0 Å². The minimum Gasteiger partial charge on any atom is -0.505 e. The van der Waals surface area contributed by atoms with E-state index in [0.717, 1.165) is 5.56 Å². The highest BCUT2D eigenvalue weighted by atomic mass is 16.5. The normalized spacial score (nSPS) is 10.1. The largest absolute Gasteiger partial charge is 0.505 e. The third-order valence-corrected chi connectivity index (χ3v) is 1.92. The number of ether oxygens (including phenoxy) is 1. The molecule has 0 aliphatic heterocycles. The van der Waals surface area contributed by atoms with Gasteiger partial charge in [-0.1, -0.05) is 0 Å². The minimum atomic E-state index is 0.0441. The Kier molecular flexibility index (Phi) is 2.95. The molecule has 0 spiro atoms. The quantitative estimate of drug-likeness (QED) is 0.846. The molecular formula is C11H11N3O2. The summed E-state index contributed by atoms with van der Waals surface area (Å²) in [5, 5.41) is 9.06. The average molecular weight is 217 g/mol. The maximum absolute atomic E-state index is 9.06. The van der Waals surface area contributed by atoms with Crippen molar-refractivity contribution in [1.29, 1.82) is 0 Å². The molecule has 0 amide bonds. The van der Waals surface area contributed by atoms with Gasteiger partial charge in [0.2, 0.25) is 5.88 Å². The molecule has 0 saturated carbocycles.